The third-order valence-corrected chi connectivity index (χ3v) is 5.72. The summed E-state index contributed by atoms with van der Waals surface area (Å²) < 4.78 is 2.15. The zero-order chi connectivity index (χ0) is 22.6. The molecule has 0 bridgehead atoms. The lowest BCUT2D eigenvalue weighted by atomic mass is 10.1. The molecule has 5 aromatic rings. The van der Waals surface area contributed by atoms with Gasteiger partial charge in [-0.3, -0.25) is 4.79 Å². The quantitative estimate of drug-likeness (QED) is 0.261. The van der Waals surface area contributed by atoms with Crippen LogP contribution < -0.4 is 5.32 Å². The summed E-state index contributed by atoms with van der Waals surface area (Å²) in [6.45, 7) is 0.708. The second-order valence-electron chi connectivity index (χ2n) is 7.87. The molecule has 4 nitrogen and oxygen atoms in total. The molecule has 1 aromatic heterocycles. The Morgan fingerprint density at radius 3 is 2.36 bits per heavy atom. The number of hydrogen-bond acceptors (Lipinski definition) is 2. The van der Waals surface area contributed by atoms with E-state index in [4.69, 9.17) is 0 Å². The van der Waals surface area contributed by atoms with Crippen LogP contribution in [-0.2, 0) is 11.3 Å². The first-order valence-corrected chi connectivity index (χ1v) is 10.8. The second kappa shape index (κ2) is 8.86. The van der Waals surface area contributed by atoms with Crippen LogP contribution in [0.2, 0.25) is 0 Å². The van der Waals surface area contributed by atoms with Gasteiger partial charge < -0.3 is 9.88 Å². The minimum absolute atomic E-state index is 0.0607. The molecule has 0 spiro atoms. The lowest BCUT2D eigenvalue weighted by Gasteiger charge is -2.08. The molecule has 1 amide bonds. The Morgan fingerprint density at radius 1 is 0.848 bits per heavy atom. The molecule has 158 valence electrons. The molecule has 4 heteroatoms. The number of aromatic nitrogens is 1. The van der Waals surface area contributed by atoms with Crippen molar-refractivity contribution >= 4 is 39.3 Å². The number of anilines is 1. The summed E-state index contributed by atoms with van der Waals surface area (Å²) in [6.07, 6.45) is 3.67. The number of fused-ring (bicyclic) bond motifs is 2. The van der Waals surface area contributed by atoms with Crippen LogP contribution in [0.3, 0.4) is 0 Å². The predicted molar refractivity (Wildman–Crippen MR) is 134 cm³/mol. The summed E-state index contributed by atoms with van der Waals surface area (Å²) in [5, 5.41) is 15.7. The van der Waals surface area contributed by atoms with Crippen LogP contribution in [0.1, 0.15) is 11.1 Å². The first-order chi connectivity index (χ1) is 16.2. The number of nitrogens with one attached hydrogen (secondary N) is 1. The molecule has 0 unspecified atom stereocenters. The third-order valence-electron chi connectivity index (χ3n) is 5.72. The molecule has 0 radical (unpaired) electrons. The minimum Gasteiger partial charge on any atom is -0.342 e. The van der Waals surface area contributed by atoms with Gasteiger partial charge in [-0.15, -0.1) is 0 Å². The van der Waals surface area contributed by atoms with Crippen LogP contribution in [-0.4, -0.2) is 10.5 Å². The van der Waals surface area contributed by atoms with Crippen molar-refractivity contribution in [1.29, 1.82) is 5.26 Å². The zero-order valence-corrected chi connectivity index (χ0v) is 17.9. The highest BCUT2D eigenvalue weighted by atomic mass is 16.1. The van der Waals surface area contributed by atoms with Gasteiger partial charge in [0.25, 0.3) is 5.91 Å². The number of hydrogen-bond donors (Lipinski definition) is 1. The van der Waals surface area contributed by atoms with E-state index >= 15 is 0 Å². The number of nitriles is 1. The van der Waals surface area contributed by atoms with Crippen LogP contribution in [0.4, 0.5) is 5.69 Å². The largest absolute Gasteiger partial charge is 0.342 e. The van der Waals surface area contributed by atoms with Crippen molar-refractivity contribution in [2.24, 2.45) is 0 Å². The third kappa shape index (κ3) is 4.13. The fourth-order valence-electron chi connectivity index (χ4n) is 4.13. The van der Waals surface area contributed by atoms with Crippen LogP contribution >= 0.6 is 0 Å². The second-order valence-corrected chi connectivity index (χ2v) is 7.87. The highest BCUT2D eigenvalue weighted by Crippen LogP contribution is 2.26. The smallest absolute Gasteiger partial charge is 0.266 e. The van der Waals surface area contributed by atoms with E-state index in [-0.39, 0.29) is 5.57 Å². The molecule has 0 aliphatic carbocycles. The van der Waals surface area contributed by atoms with E-state index in [2.05, 4.69) is 34.2 Å². The van der Waals surface area contributed by atoms with E-state index in [1.807, 2.05) is 85.1 Å². The van der Waals surface area contributed by atoms with Crippen molar-refractivity contribution in [3.63, 3.8) is 0 Å². The Labute approximate surface area is 192 Å². The topological polar surface area (TPSA) is 57.8 Å². The summed E-state index contributed by atoms with van der Waals surface area (Å²) in [5.74, 6) is -0.422. The van der Waals surface area contributed by atoms with Gasteiger partial charge in [0.05, 0.1) is 0 Å². The van der Waals surface area contributed by atoms with Crippen LogP contribution in [0.5, 0.6) is 0 Å². The molecule has 4 aromatic carbocycles. The summed E-state index contributed by atoms with van der Waals surface area (Å²) >= 11 is 0. The molecule has 5 rings (SSSR count). The SMILES string of the molecule is N#C/C(=C\c1cn(Cc2ccccc2)c2ccccc12)C(=O)Nc1cccc2ccccc12. The van der Waals surface area contributed by atoms with Crippen molar-refractivity contribution < 1.29 is 4.79 Å². The average molecular weight is 428 g/mol. The maximum atomic E-state index is 13.0. The van der Waals surface area contributed by atoms with Gasteiger partial charge in [-0.2, -0.15) is 5.26 Å². The maximum absolute atomic E-state index is 13.0. The normalized spacial score (nSPS) is 11.4. The van der Waals surface area contributed by atoms with Gasteiger partial charge in [0.1, 0.15) is 11.6 Å². The van der Waals surface area contributed by atoms with Gasteiger partial charge in [-0.25, -0.2) is 0 Å². The highest BCUT2D eigenvalue weighted by molar-refractivity contribution is 6.13. The summed E-state index contributed by atoms with van der Waals surface area (Å²) in [5.41, 5.74) is 3.82. The molecule has 0 saturated carbocycles. The van der Waals surface area contributed by atoms with Crippen molar-refractivity contribution in [3.8, 4) is 6.07 Å². The first-order valence-electron chi connectivity index (χ1n) is 10.8. The van der Waals surface area contributed by atoms with Gasteiger partial charge in [0.15, 0.2) is 0 Å². The van der Waals surface area contributed by atoms with Gasteiger partial charge in [-0.05, 0) is 29.2 Å². The molecule has 33 heavy (non-hydrogen) atoms. The van der Waals surface area contributed by atoms with E-state index in [9.17, 15) is 10.1 Å². The molecule has 0 atom stereocenters. The number of nitrogens with zero attached hydrogens (tertiary/aromatic N) is 2. The number of carbonyl (C=O) groups excluding carboxylic acids is 1. The molecule has 0 fully saturated rings. The number of rotatable bonds is 5. The Bertz CT molecular complexity index is 1530. The fourth-order valence-corrected chi connectivity index (χ4v) is 4.13. The first kappa shape index (κ1) is 20.3. The molecule has 1 N–H and O–H groups in total. The van der Waals surface area contributed by atoms with E-state index < -0.39 is 5.91 Å². The summed E-state index contributed by atoms with van der Waals surface area (Å²) in [7, 11) is 0. The van der Waals surface area contributed by atoms with Gasteiger partial charge in [-0.1, -0.05) is 84.9 Å². The monoisotopic (exact) mass is 427 g/mol. The molecule has 0 aliphatic rings. The lowest BCUT2D eigenvalue weighted by Crippen LogP contribution is -2.13. The van der Waals surface area contributed by atoms with Crippen molar-refractivity contribution in [2.45, 2.75) is 6.54 Å². The van der Waals surface area contributed by atoms with Crippen molar-refractivity contribution in [3.05, 3.63) is 120 Å². The Hall–Kier alpha value is -4.62. The number of benzene rings is 4. The van der Waals surface area contributed by atoms with Crippen LogP contribution in [0.25, 0.3) is 27.8 Å². The van der Waals surface area contributed by atoms with Crippen LogP contribution in [0, 0.1) is 11.3 Å². The van der Waals surface area contributed by atoms with Gasteiger partial charge in [0.2, 0.25) is 0 Å². The van der Waals surface area contributed by atoms with E-state index in [0.717, 1.165) is 27.2 Å². The number of para-hydroxylation sites is 1. The molecule has 1 heterocycles. The maximum Gasteiger partial charge on any atom is 0.266 e. The minimum atomic E-state index is -0.422. The van der Waals surface area contributed by atoms with E-state index in [0.29, 0.717) is 12.2 Å². The number of amides is 1. The van der Waals surface area contributed by atoms with Crippen molar-refractivity contribution in [1.82, 2.24) is 4.57 Å². The highest BCUT2D eigenvalue weighted by Gasteiger charge is 2.14. The summed E-state index contributed by atoms with van der Waals surface area (Å²) in [4.78, 5) is 13.0. The van der Waals surface area contributed by atoms with Gasteiger partial charge in [0, 0.05) is 40.3 Å². The number of carbonyl (C=O) groups is 1. The van der Waals surface area contributed by atoms with E-state index in [1.165, 1.54) is 5.56 Å². The van der Waals surface area contributed by atoms with Crippen molar-refractivity contribution in [2.75, 3.05) is 5.32 Å². The predicted octanol–water partition coefficient (Wildman–Crippen LogP) is 6.39. The Morgan fingerprint density at radius 2 is 1.55 bits per heavy atom. The Kier molecular flexibility index (Phi) is 5.45. The lowest BCUT2D eigenvalue weighted by molar-refractivity contribution is -0.112. The summed E-state index contributed by atoms with van der Waals surface area (Å²) in [6, 6.07) is 33.9. The molecule has 0 saturated heterocycles. The average Bonchev–Trinajstić information content (AvgIpc) is 3.20. The zero-order valence-electron chi connectivity index (χ0n) is 17.9. The van der Waals surface area contributed by atoms with Crippen LogP contribution in [0.15, 0.2) is 109 Å². The molecular weight excluding hydrogens is 406 g/mol. The Balaban J connectivity index is 1.50. The standard InChI is InChI=1S/C29H21N3O/c30-18-23(29(33)31-27-15-8-12-22-11-4-5-13-25(22)27)17-24-20-32(19-21-9-2-1-3-10-21)28-16-7-6-14-26(24)28/h1-17,20H,19H2,(H,31,33)/b23-17+. The molecule has 0 aliphatic heterocycles. The van der Waals surface area contributed by atoms with E-state index in [1.54, 1.807) is 6.08 Å². The van der Waals surface area contributed by atoms with Gasteiger partial charge >= 0.3 is 0 Å². The molecular formula is C29H21N3O. The fraction of sp³-hybridized carbons (Fsp3) is 0.0345.